The number of aliphatic imine (C=N–C) groups is 1. The molecule has 1 unspecified atom stereocenters. The van der Waals surface area contributed by atoms with E-state index in [1.807, 2.05) is 0 Å². The Morgan fingerprint density at radius 3 is 2.94 bits per heavy atom. The minimum Gasteiger partial charge on any atom is -0.497 e. The summed E-state index contributed by atoms with van der Waals surface area (Å²) in [4.78, 5) is 27.8. The highest BCUT2D eigenvalue weighted by Gasteiger charge is 2.33. The molecule has 2 aliphatic rings. The minimum atomic E-state index is -0.625. The lowest BCUT2D eigenvalue weighted by Gasteiger charge is -2.20. The van der Waals surface area contributed by atoms with Crippen LogP contribution in [0, 0.1) is 5.92 Å². The Labute approximate surface area is 104 Å². The van der Waals surface area contributed by atoms with E-state index in [4.69, 9.17) is 9.47 Å². The number of Topliss-reactive ketones (excluding diaryl/α,β-unsaturated/α-hetero) is 1. The number of esters is 1. The molecular formula is C13H13NO4. The molecular weight excluding hydrogens is 234 g/mol. The molecule has 1 heterocycles. The average molecular weight is 247 g/mol. The molecule has 5 heteroatoms. The Morgan fingerprint density at radius 2 is 2.28 bits per heavy atom. The molecule has 0 saturated carbocycles. The van der Waals surface area contributed by atoms with E-state index in [0.29, 0.717) is 11.5 Å². The Balaban J connectivity index is 2.30. The maximum absolute atomic E-state index is 12.1. The highest BCUT2D eigenvalue weighted by molar-refractivity contribution is 6.28. The lowest BCUT2D eigenvalue weighted by Crippen LogP contribution is -2.31. The first kappa shape index (κ1) is 12.3. The van der Waals surface area contributed by atoms with Crippen molar-refractivity contribution < 1.29 is 19.1 Å². The molecule has 0 aromatic carbocycles. The summed E-state index contributed by atoms with van der Waals surface area (Å²) in [5.74, 6) is -0.805. The maximum atomic E-state index is 12.1. The zero-order chi connectivity index (χ0) is 13.1. The van der Waals surface area contributed by atoms with Crippen molar-refractivity contribution in [3.63, 3.8) is 0 Å². The zero-order valence-electron chi connectivity index (χ0n) is 10.2. The summed E-state index contributed by atoms with van der Waals surface area (Å²) in [7, 11) is 1.54. The van der Waals surface area contributed by atoms with E-state index in [2.05, 4.69) is 4.99 Å². The summed E-state index contributed by atoms with van der Waals surface area (Å²) < 4.78 is 9.87. The van der Waals surface area contributed by atoms with E-state index in [0.717, 1.165) is 0 Å². The highest BCUT2D eigenvalue weighted by Crippen LogP contribution is 2.23. The fraction of sp³-hybridized carbons (Fsp3) is 0.308. The van der Waals surface area contributed by atoms with E-state index in [1.54, 1.807) is 32.3 Å². The van der Waals surface area contributed by atoms with E-state index < -0.39 is 11.9 Å². The lowest BCUT2D eigenvalue weighted by molar-refractivity contribution is -0.140. The summed E-state index contributed by atoms with van der Waals surface area (Å²) in [6.07, 6.45) is 6.30. The quantitative estimate of drug-likeness (QED) is 0.554. The van der Waals surface area contributed by atoms with E-state index >= 15 is 0 Å². The van der Waals surface area contributed by atoms with Crippen molar-refractivity contribution in [1.82, 2.24) is 0 Å². The van der Waals surface area contributed by atoms with Crippen molar-refractivity contribution in [1.29, 1.82) is 0 Å². The van der Waals surface area contributed by atoms with E-state index in [1.165, 1.54) is 6.20 Å². The number of methoxy groups -OCH3 is 1. The summed E-state index contributed by atoms with van der Waals surface area (Å²) in [5, 5.41) is 0. The van der Waals surface area contributed by atoms with Crippen molar-refractivity contribution in [3.8, 4) is 0 Å². The molecule has 0 saturated heterocycles. The van der Waals surface area contributed by atoms with Gasteiger partial charge in [-0.05, 0) is 13.0 Å². The van der Waals surface area contributed by atoms with Gasteiger partial charge >= 0.3 is 5.97 Å². The van der Waals surface area contributed by atoms with Crippen LogP contribution in [-0.4, -0.2) is 31.2 Å². The highest BCUT2D eigenvalue weighted by atomic mass is 16.5. The Kier molecular flexibility index (Phi) is 3.41. The van der Waals surface area contributed by atoms with Gasteiger partial charge in [0.15, 0.2) is 5.78 Å². The summed E-state index contributed by atoms with van der Waals surface area (Å²) in [6, 6.07) is 0. The topological polar surface area (TPSA) is 65.0 Å². The number of ether oxygens (including phenoxy) is 2. The van der Waals surface area contributed by atoms with Gasteiger partial charge in [0, 0.05) is 12.3 Å². The Bertz CT molecular complexity index is 511. The number of rotatable bonds is 3. The molecule has 0 spiro atoms. The van der Waals surface area contributed by atoms with Crippen LogP contribution in [0.1, 0.15) is 6.92 Å². The van der Waals surface area contributed by atoms with E-state index in [-0.39, 0.29) is 18.0 Å². The third kappa shape index (κ3) is 2.11. The van der Waals surface area contributed by atoms with Crippen molar-refractivity contribution >= 4 is 17.5 Å². The number of carbonyl (C=O) groups is 2. The molecule has 0 fully saturated rings. The smallest absolute Gasteiger partial charge is 0.343 e. The van der Waals surface area contributed by atoms with E-state index in [9.17, 15) is 9.59 Å². The first-order valence-electron chi connectivity index (χ1n) is 5.60. The molecule has 18 heavy (non-hydrogen) atoms. The molecule has 1 aliphatic heterocycles. The van der Waals surface area contributed by atoms with Crippen molar-refractivity contribution in [2.45, 2.75) is 6.92 Å². The second-order valence-corrected chi connectivity index (χ2v) is 3.77. The van der Waals surface area contributed by atoms with Crippen LogP contribution in [0.25, 0.3) is 0 Å². The number of ketones is 1. The van der Waals surface area contributed by atoms with Gasteiger partial charge in [-0.2, -0.15) is 0 Å². The number of carbonyl (C=O) groups excluding carboxylic acids is 2. The fourth-order valence-electron chi connectivity index (χ4n) is 1.77. The largest absolute Gasteiger partial charge is 0.497 e. The number of fused-ring (bicyclic) bond motifs is 1. The summed E-state index contributed by atoms with van der Waals surface area (Å²) in [6.45, 7) is 1.92. The monoisotopic (exact) mass is 247 g/mol. The van der Waals surface area contributed by atoms with Gasteiger partial charge in [0.2, 0.25) is 0 Å². The van der Waals surface area contributed by atoms with Crippen LogP contribution < -0.4 is 0 Å². The van der Waals surface area contributed by atoms with Crippen LogP contribution in [0.4, 0.5) is 0 Å². The standard InChI is InChI=1S/C13H13NO4/c1-3-18-13(16)10-7-14-11-6-8(17-2)4-5-9(11)12(10)15/h4-7,9H,3H2,1-2H3. The number of allylic oxidation sites excluding steroid dienone is 3. The predicted octanol–water partition coefficient (Wildman–Crippen LogP) is 1.17. The molecule has 0 aromatic rings. The lowest BCUT2D eigenvalue weighted by atomic mass is 9.88. The van der Waals surface area contributed by atoms with Gasteiger partial charge in [0.05, 0.1) is 25.3 Å². The average Bonchev–Trinajstić information content (AvgIpc) is 2.38. The summed E-state index contributed by atoms with van der Waals surface area (Å²) in [5.41, 5.74) is 0.567. The van der Waals surface area contributed by atoms with Gasteiger partial charge in [-0.25, -0.2) is 4.79 Å². The van der Waals surface area contributed by atoms with Crippen LogP contribution in [0.3, 0.4) is 0 Å². The van der Waals surface area contributed by atoms with Crippen LogP contribution in [0.15, 0.2) is 40.8 Å². The number of nitrogens with zero attached hydrogens (tertiary/aromatic N) is 1. The molecule has 0 aromatic heterocycles. The molecule has 0 N–H and O–H groups in total. The molecule has 0 bridgehead atoms. The second-order valence-electron chi connectivity index (χ2n) is 3.77. The molecule has 2 rings (SSSR count). The maximum Gasteiger partial charge on any atom is 0.343 e. The SMILES string of the molecule is CCOC(=O)C1=CN=C2C=C(OC)C=CC2C1=O. The number of hydrogen-bond acceptors (Lipinski definition) is 5. The molecule has 1 aliphatic carbocycles. The van der Waals surface area contributed by atoms with Gasteiger partial charge in [0.1, 0.15) is 11.3 Å². The predicted molar refractivity (Wildman–Crippen MR) is 64.9 cm³/mol. The Morgan fingerprint density at radius 1 is 1.50 bits per heavy atom. The molecule has 0 radical (unpaired) electrons. The van der Waals surface area contributed by atoms with Gasteiger partial charge in [-0.15, -0.1) is 0 Å². The van der Waals surface area contributed by atoms with Gasteiger partial charge < -0.3 is 9.47 Å². The second kappa shape index (κ2) is 5.00. The van der Waals surface area contributed by atoms with Crippen molar-refractivity contribution in [2.24, 2.45) is 10.9 Å². The third-order valence-electron chi connectivity index (χ3n) is 2.68. The van der Waals surface area contributed by atoms with Gasteiger partial charge in [-0.3, -0.25) is 9.79 Å². The van der Waals surface area contributed by atoms with Crippen LogP contribution >= 0.6 is 0 Å². The molecule has 5 nitrogen and oxygen atoms in total. The zero-order valence-corrected chi connectivity index (χ0v) is 10.2. The molecule has 0 amide bonds. The van der Waals surface area contributed by atoms with Crippen molar-refractivity contribution in [3.05, 3.63) is 35.8 Å². The normalized spacial score (nSPS) is 21.6. The Hall–Kier alpha value is -2.17. The van der Waals surface area contributed by atoms with Crippen molar-refractivity contribution in [2.75, 3.05) is 13.7 Å². The van der Waals surface area contributed by atoms with Gasteiger partial charge in [0.25, 0.3) is 0 Å². The first-order valence-corrected chi connectivity index (χ1v) is 5.60. The first-order chi connectivity index (χ1) is 8.67. The molecule has 1 atom stereocenters. The van der Waals surface area contributed by atoms with Gasteiger partial charge in [-0.1, -0.05) is 6.08 Å². The van der Waals surface area contributed by atoms with Crippen LogP contribution in [0.2, 0.25) is 0 Å². The minimum absolute atomic E-state index is 0.00971. The van der Waals surface area contributed by atoms with Crippen LogP contribution in [-0.2, 0) is 19.1 Å². The number of hydrogen-bond donors (Lipinski definition) is 0. The fourth-order valence-corrected chi connectivity index (χ4v) is 1.77. The third-order valence-corrected chi connectivity index (χ3v) is 2.68. The molecule has 94 valence electrons. The van der Waals surface area contributed by atoms with Crippen LogP contribution in [0.5, 0.6) is 0 Å². The summed E-state index contributed by atoms with van der Waals surface area (Å²) >= 11 is 0.